The van der Waals surface area contributed by atoms with Gasteiger partial charge in [0, 0.05) is 5.56 Å². The van der Waals surface area contributed by atoms with Crippen molar-refractivity contribution in [3.63, 3.8) is 0 Å². The molecule has 15 heavy (non-hydrogen) atoms. The van der Waals surface area contributed by atoms with Crippen LogP contribution in [0.2, 0.25) is 5.02 Å². The molecule has 2 nitrogen and oxygen atoms in total. The van der Waals surface area contributed by atoms with Crippen LogP contribution in [0.5, 0.6) is 0 Å². The van der Waals surface area contributed by atoms with E-state index in [1.807, 2.05) is 0 Å². The molecule has 5 heteroatoms. The molecule has 0 aliphatic heterocycles. The van der Waals surface area contributed by atoms with Crippen LogP contribution in [0.4, 0.5) is 4.39 Å². The molecule has 0 unspecified atom stereocenters. The fourth-order valence-corrected chi connectivity index (χ4v) is 1.44. The molecular weight excluding hydrogens is 240 g/mol. The maximum atomic E-state index is 12.9. The average Bonchev–Trinajstić information content (AvgIpc) is 2.70. The van der Waals surface area contributed by atoms with Crippen molar-refractivity contribution in [2.45, 2.75) is 5.88 Å². The van der Waals surface area contributed by atoms with E-state index in [1.54, 1.807) is 6.07 Å². The monoisotopic (exact) mass is 245 g/mol. The molecule has 0 atom stereocenters. The summed E-state index contributed by atoms with van der Waals surface area (Å²) in [5.41, 5.74) is 0.623. The zero-order chi connectivity index (χ0) is 10.8. The number of benzene rings is 1. The van der Waals surface area contributed by atoms with E-state index in [0.717, 1.165) is 0 Å². The minimum Gasteiger partial charge on any atom is -0.440 e. The Morgan fingerprint density at radius 1 is 1.40 bits per heavy atom. The topological polar surface area (TPSA) is 26.0 Å². The molecule has 1 aromatic heterocycles. The lowest BCUT2D eigenvalue weighted by Crippen LogP contribution is -1.80. The third-order valence-electron chi connectivity index (χ3n) is 1.85. The molecule has 0 spiro atoms. The van der Waals surface area contributed by atoms with Gasteiger partial charge in [0.15, 0.2) is 0 Å². The highest BCUT2D eigenvalue weighted by molar-refractivity contribution is 6.31. The van der Waals surface area contributed by atoms with Gasteiger partial charge in [0.25, 0.3) is 0 Å². The van der Waals surface area contributed by atoms with Crippen molar-refractivity contribution in [3.05, 3.63) is 41.0 Å². The van der Waals surface area contributed by atoms with Crippen molar-refractivity contribution in [1.29, 1.82) is 0 Å². The number of oxazole rings is 1. The first-order valence-electron chi connectivity index (χ1n) is 4.17. The second-order valence-corrected chi connectivity index (χ2v) is 3.57. The van der Waals surface area contributed by atoms with Crippen LogP contribution in [0, 0.1) is 5.82 Å². The summed E-state index contributed by atoms with van der Waals surface area (Å²) >= 11 is 11.2. The lowest BCUT2D eigenvalue weighted by Gasteiger charge is -1.97. The number of hydrogen-bond acceptors (Lipinski definition) is 2. The molecule has 0 aliphatic rings. The highest BCUT2D eigenvalue weighted by Crippen LogP contribution is 2.24. The van der Waals surface area contributed by atoms with E-state index in [-0.39, 0.29) is 10.9 Å². The number of alkyl halides is 1. The Hall–Kier alpha value is -1.06. The Morgan fingerprint density at radius 3 is 2.80 bits per heavy atom. The van der Waals surface area contributed by atoms with E-state index in [9.17, 15) is 4.39 Å². The van der Waals surface area contributed by atoms with Crippen LogP contribution in [0.15, 0.2) is 28.8 Å². The lowest BCUT2D eigenvalue weighted by atomic mass is 10.2. The van der Waals surface area contributed by atoms with Crippen molar-refractivity contribution >= 4 is 23.2 Å². The number of rotatable bonds is 2. The lowest BCUT2D eigenvalue weighted by molar-refractivity contribution is 0.537. The van der Waals surface area contributed by atoms with Gasteiger partial charge < -0.3 is 4.42 Å². The fraction of sp³-hybridized carbons (Fsp3) is 0.100. The van der Waals surface area contributed by atoms with Gasteiger partial charge in [0.2, 0.25) is 5.89 Å². The molecule has 0 saturated heterocycles. The minimum absolute atomic E-state index is 0.0399. The van der Waals surface area contributed by atoms with Crippen LogP contribution in [0.3, 0.4) is 0 Å². The van der Waals surface area contributed by atoms with Gasteiger partial charge >= 0.3 is 0 Å². The second kappa shape index (κ2) is 4.21. The second-order valence-electron chi connectivity index (χ2n) is 2.89. The predicted molar refractivity (Wildman–Crippen MR) is 56.5 cm³/mol. The van der Waals surface area contributed by atoms with E-state index >= 15 is 0 Å². The summed E-state index contributed by atoms with van der Waals surface area (Å²) in [6, 6.07) is 4.27. The third kappa shape index (κ3) is 2.13. The summed E-state index contributed by atoms with van der Waals surface area (Å²) in [4.78, 5) is 4.00. The molecule has 78 valence electrons. The molecule has 0 radical (unpaired) electrons. The van der Waals surface area contributed by atoms with E-state index in [4.69, 9.17) is 27.6 Å². The SMILES string of the molecule is Fc1ccc(-c2ncc(CCl)o2)cc1Cl. The van der Waals surface area contributed by atoms with Crippen molar-refractivity contribution in [3.8, 4) is 11.5 Å². The summed E-state index contributed by atoms with van der Waals surface area (Å²) in [7, 11) is 0. The molecule has 1 aromatic carbocycles. The Morgan fingerprint density at radius 2 is 2.20 bits per heavy atom. The first-order valence-corrected chi connectivity index (χ1v) is 5.08. The van der Waals surface area contributed by atoms with Crippen LogP contribution in [-0.2, 0) is 5.88 Å². The molecule has 0 bridgehead atoms. The Balaban J connectivity index is 2.40. The number of nitrogens with zero attached hydrogens (tertiary/aromatic N) is 1. The average molecular weight is 246 g/mol. The number of hydrogen-bond donors (Lipinski definition) is 0. The summed E-state index contributed by atoms with van der Waals surface area (Å²) in [6.07, 6.45) is 1.53. The molecular formula is C10H6Cl2FNO. The molecule has 2 rings (SSSR count). The fourth-order valence-electron chi connectivity index (χ4n) is 1.13. The van der Waals surface area contributed by atoms with E-state index < -0.39 is 5.82 Å². The van der Waals surface area contributed by atoms with Crippen molar-refractivity contribution in [2.75, 3.05) is 0 Å². The van der Waals surface area contributed by atoms with Crippen molar-refractivity contribution in [2.24, 2.45) is 0 Å². The first kappa shape index (κ1) is 10.5. The van der Waals surface area contributed by atoms with Gasteiger partial charge in [-0.15, -0.1) is 11.6 Å². The summed E-state index contributed by atoms with van der Waals surface area (Å²) in [5.74, 6) is 0.728. The zero-order valence-electron chi connectivity index (χ0n) is 7.51. The van der Waals surface area contributed by atoms with E-state index in [0.29, 0.717) is 17.2 Å². The number of halogens is 3. The van der Waals surface area contributed by atoms with Gasteiger partial charge in [-0.3, -0.25) is 0 Å². The standard InChI is InChI=1S/C10H6Cl2FNO/c11-4-7-5-14-10(15-7)6-1-2-9(13)8(12)3-6/h1-3,5H,4H2. The maximum Gasteiger partial charge on any atom is 0.226 e. The molecule has 0 aliphatic carbocycles. The number of aromatic nitrogens is 1. The van der Waals surface area contributed by atoms with Crippen LogP contribution in [-0.4, -0.2) is 4.98 Å². The zero-order valence-corrected chi connectivity index (χ0v) is 9.02. The quantitative estimate of drug-likeness (QED) is 0.751. The van der Waals surface area contributed by atoms with Gasteiger partial charge in [-0.2, -0.15) is 0 Å². The maximum absolute atomic E-state index is 12.9. The predicted octanol–water partition coefficient (Wildman–Crippen LogP) is 3.87. The Labute approximate surface area is 95.6 Å². The van der Waals surface area contributed by atoms with Gasteiger partial charge in [-0.25, -0.2) is 9.37 Å². The molecule has 0 amide bonds. The first-order chi connectivity index (χ1) is 7.20. The van der Waals surface area contributed by atoms with Crippen LogP contribution in [0.1, 0.15) is 5.76 Å². The Kier molecular flexibility index (Phi) is 2.93. The van der Waals surface area contributed by atoms with Crippen LogP contribution >= 0.6 is 23.2 Å². The summed E-state index contributed by atoms with van der Waals surface area (Å²) in [6.45, 7) is 0. The summed E-state index contributed by atoms with van der Waals surface area (Å²) < 4.78 is 18.2. The third-order valence-corrected chi connectivity index (χ3v) is 2.40. The highest BCUT2D eigenvalue weighted by atomic mass is 35.5. The van der Waals surface area contributed by atoms with Crippen molar-refractivity contribution < 1.29 is 8.81 Å². The van der Waals surface area contributed by atoms with Gasteiger partial charge in [-0.05, 0) is 18.2 Å². The van der Waals surface area contributed by atoms with Crippen molar-refractivity contribution in [1.82, 2.24) is 4.98 Å². The molecule has 0 saturated carbocycles. The van der Waals surface area contributed by atoms with Gasteiger partial charge in [0.1, 0.15) is 11.6 Å². The largest absolute Gasteiger partial charge is 0.440 e. The summed E-state index contributed by atoms with van der Waals surface area (Å²) in [5, 5.41) is 0.0399. The van der Waals surface area contributed by atoms with Crippen LogP contribution < -0.4 is 0 Å². The molecule has 1 heterocycles. The molecule has 2 aromatic rings. The van der Waals surface area contributed by atoms with Gasteiger partial charge in [-0.1, -0.05) is 11.6 Å². The highest BCUT2D eigenvalue weighted by Gasteiger charge is 2.08. The smallest absolute Gasteiger partial charge is 0.226 e. The minimum atomic E-state index is -0.468. The Bertz CT molecular complexity index is 484. The van der Waals surface area contributed by atoms with E-state index in [2.05, 4.69) is 4.98 Å². The molecule has 0 fully saturated rings. The molecule has 0 N–H and O–H groups in total. The van der Waals surface area contributed by atoms with Gasteiger partial charge in [0.05, 0.1) is 17.1 Å². The van der Waals surface area contributed by atoms with Crippen LogP contribution in [0.25, 0.3) is 11.5 Å². The van der Waals surface area contributed by atoms with E-state index in [1.165, 1.54) is 18.3 Å². The normalized spacial score (nSPS) is 10.6.